The Morgan fingerprint density at radius 1 is 1.27 bits per heavy atom. The molecule has 9 heteroatoms. The zero-order chi connectivity index (χ0) is 21.9. The van der Waals surface area contributed by atoms with Crippen molar-refractivity contribution in [1.82, 2.24) is 19.1 Å². The molecule has 0 aliphatic carbocycles. The molecule has 7 nitrogen and oxygen atoms in total. The third-order valence-electron chi connectivity index (χ3n) is 4.79. The summed E-state index contributed by atoms with van der Waals surface area (Å²) in [6, 6.07) is 6.38. The van der Waals surface area contributed by atoms with Gasteiger partial charge in [0.05, 0.1) is 17.0 Å². The Balaban J connectivity index is 1.89. The van der Waals surface area contributed by atoms with E-state index in [4.69, 9.17) is 0 Å². The van der Waals surface area contributed by atoms with Crippen molar-refractivity contribution in [2.45, 2.75) is 33.1 Å². The molecule has 30 heavy (non-hydrogen) atoms. The molecule has 2 aromatic heterocycles. The first-order valence-electron chi connectivity index (χ1n) is 9.75. The molecule has 0 saturated heterocycles. The van der Waals surface area contributed by atoms with E-state index in [9.17, 15) is 17.6 Å². The van der Waals surface area contributed by atoms with Crippen LogP contribution in [0.1, 0.15) is 37.4 Å². The average Bonchev–Trinajstić information content (AvgIpc) is 3.18. The van der Waals surface area contributed by atoms with Gasteiger partial charge in [0, 0.05) is 30.3 Å². The maximum absolute atomic E-state index is 13.8. The SMILES string of the molecule is CCCCCS(=O)(=O)NC(=O)C=Cc1c(C)nn(C)c1-n1ccc2ccc(F)cc21. The van der Waals surface area contributed by atoms with E-state index in [1.807, 2.05) is 13.0 Å². The number of rotatable bonds is 8. The van der Waals surface area contributed by atoms with Crippen LogP contribution in [-0.2, 0) is 21.9 Å². The van der Waals surface area contributed by atoms with E-state index in [-0.39, 0.29) is 11.6 Å². The molecule has 1 N–H and O–H groups in total. The van der Waals surface area contributed by atoms with Crippen LogP contribution in [0.25, 0.3) is 22.8 Å². The Kier molecular flexibility index (Phi) is 6.40. The van der Waals surface area contributed by atoms with Crippen molar-refractivity contribution < 1.29 is 17.6 Å². The maximum Gasteiger partial charge on any atom is 0.257 e. The van der Waals surface area contributed by atoms with Crippen LogP contribution in [0.3, 0.4) is 0 Å². The molecule has 1 amide bonds. The summed E-state index contributed by atoms with van der Waals surface area (Å²) in [5.74, 6) is -0.517. The van der Waals surface area contributed by atoms with E-state index in [1.165, 1.54) is 24.3 Å². The highest BCUT2D eigenvalue weighted by molar-refractivity contribution is 7.90. The number of carbonyl (C=O) groups is 1. The first-order chi connectivity index (χ1) is 14.2. The molecule has 0 bridgehead atoms. The monoisotopic (exact) mass is 432 g/mol. The van der Waals surface area contributed by atoms with Gasteiger partial charge in [0.25, 0.3) is 5.91 Å². The fraction of sp³-hybridized carbons (Fsp3) is 0.333. The van der Waals surface area contributed by atoms with Gasteiger partial charge in [0.15, 0.2) is 0 Å². The first-order valence-corrected chi connectivity index (χ1v) is 11.4. The zero-order valence-corrected chi connectivity index (χ0v) is 18.0. The van der Waals surface area contributed by atoms with Crippen molar-refractivity contribution in [1.29, 1.82) is 0 Å². The smallest absolute Gasteiger partial charge is 0.257 e. The quantitative estimate of drug-likeness (QED) is 0.436. The van der Waals surface area contributed by atoms with Crippen molar-refractivity contribution in [3.8, 4) is 5.82 Å². The minimum absolute atomic E-state index is 0.0848. The van der Waals surface area contributed by atoms with Gasteiger partial charge in [0.2, 0.25) is 10.0 Å². The van der Waals surface area contributed by atoms with Crippen LogP contribution in [0.4, 0.5) is 4.39 Å². The van der Waals surface area contributed by atoms with E-state index in [0.717, 1.165) is 18.2 Å². The summed E-state index contributed by atoms with van der Waals surface area (Å²) in [4.78, 5) is 12.2. The van der Waals surface area contributed by atoms with E-state index in [2.05, 4.69) is 9.82 Å². The van der Waals surface area contributed by atoms with E-state index < -0.39 is 15.9 Å². The standard InChI is InChI=1S/C21H25FN4O3S/c1-4-5-6-13-30(28,29)24-20(27)10-9-18-15(2)23-25(3)21(18)26-12-11-16-7-8-17(22)14-19(16)26/h7-12,14H,4-6,13H2,1-3H3,(H,24,27). The minimum Gasteiger partial charge on any atom is -0.301 e. The van der Waals surface area contributed by atoms with Crippen molar-refractivity contribution >= 4 is 32.9 Å². The Labute approximate surface area is 175 Å². The minimum atomic E-state index is -3.67. The van der Waals surface area contributed by atoms with Crippen LogP contribution in [-0.4, -0.2) is 34.4 Å². The number of sulfonamides is 1. The number of amides is 1. The molecule has 3 rings (SSSR count). The number of nitrogens with one attached hydrogen (secondary N) is 1. The molecule has 0 unspecified atom stereocenters. The molecule has 160 valence electrons. The molecule has 2 heterocycles. The molecular formula is C21H25FN4O3S. The summed E-state index contributed by atoms with van der Waals surface area (Å²) < 4.78 is 43.3. The van der Waals surface area contributed by atoms with Crippen molar-refractivity contribution in [3.63, 3.8) is 0 Å². The highest BCUT2D eigenvalue weighted by Gasteiger charge is 2.17. The number of carbonyl (C=O) groups excluding carboxylic acids is 1. The third-order valence-corrected chi connectivity index (χ3v) is 6.13. The molecule has 3 aromatic rings. The molecule has 0 fully saturated rings. The average molecular weight is 433 g/mol. The fourth-order valence-electron chi connectivity index (χ4n) is 3.37. The molecule has 0 spiro atoms. The normalized spacial score (nSPS) is 12.1. The van der Waals surface area contributed by atoms with Crippen LogP contribution >= 0.6 is 0 Å². The van der Waals surface area contributed by atoms with Crippen molar-refractivity contribution in [2.75, 3.05) is 5.75 Å². The number of hydrogen-bond acceptors (Lipinski definition) is 4. The lowest BCUT2D eigenvalue weighted by Gasteiger charge is -2.08. The molecule has 0 atom stereocenters. The summed E-state index contributed by atoms with van der Waals surface area (Å²) in [5, 5.41) is 5.26. The second-order valence-corrected chi connectivity index (χ2v) is 9.00. The number of benzene rings is 1. The van der Waals surface area contributed by atoms with Gasteiger partial charge in [-0.25, -0.2) is 17.5 Å². The Morgan fingerprint density at radius 3 is 2.77 bits per heavy atom. The van der Waals surface area contributed by atoms with Crippen LogP contribution in [0.2, 0.25) is 0 Å². The lowest BCUT2D eigenvalue weighted by atomic mass is 10.2. The van der Waals surface area contributed by atoms with Crippen LogP contribution < -0.4 is 4.72 Å². The number of aryl methyl sites for hydroxylation is 2. The van der Waals surface area contributed by atoms with Crippen LogP contribution in [0.5, 0.6) is 0 Å². The van der Waals surface area contributed by atoms with E-state index in [1.54, 1.807) is 35.5 Å². The molecular weight excluding hydrogens is 407 g/mol. The van der Waals surface area contributed by atoms with Gasteiger partial charge in [-0.1, -0.05) is 19.8 Å². The van der Waals surface area contributed by atoms with Gasteiger partial charge in [0.1, 0.15) is 11.6 Å². The summed E-state index contributed by atoms with van der Waals surface area (Å²) >= 11 is 0. The van der Waals surface area contributed by atoms with Gasteiger partial charge >= 0.3 is 0 Å². The Morgan fingerprint density at radius 2 is 2.03 bits per heavy atom. The summed E-state index contributed by atoms with van der Waals surface area (Å²) in [6.07, 6.45) is 6.69. The Hall–Kier alpha value is -2.94. The Bertz CT molecular complexity index is 1210. The van der Waals surface area contributed by atoms with E-state index in [0.29, 0.717) is 29.0 Å². The van der Waals surface area contributed by atoms with Gasteiger partial charge < -0.3 is 4.57 Å². The molecule has 0 radical (unpaired) electrons. The second kappa shape index (κ2) is 8.83. The summed E-state index contributed by atoms with van der Waals surface area (Å²) in [6.45, 7) is 3.76. The number of fused-ring (bicyclic) bond motifs is 1. The number of hydrogen-bond donors (Lipinski definition) is 1. The van der Waals surface area contributed by atoms with Crippen LogP contribution in [0.15, 0.2) is 36.5 Å². The number of aromatic nitrogens is 3. The van der Waals surface area contributed by atoms with E-state index >= 15 is 0 Å². The highest BCUT2D eigenvalue weighted by atomic mass is 32.2. The highest BCUT2D eigenvalue weighted by Crippen LogP contribution is 2.26. The third kappa shape index (κ3) is 4.79. The maximum atomic E-state index is 13.8. The number of halogens is 1. The second-order valence-electron chi connectivity index (χ2n) is 7.16. The number of nitrogens with zero attached hydrogens (tertiary/aromatic N) is 3. The lowest BCUT2D eigenvalue weighted by molar-refractivity contribution is -0.114. The lowest BCUT2D eigenvalue weighted by Crippen LogP contribution is -2.31. The molecule has 1 aromatic carbocycles. The predicted molar refractivity (Wildman–Crippen MR) is 115 cm³/mol. The van der Waals surface area contributed by atoms with Gasteiger partial charge in [-0.2, -0.15) is 5.10 Å². The number of unbranched alkanes of at least 4 members (excludes halogenated alkanes) is 2. The van der Waals surface area contributed by atoms with Crippen molar-refractivity contribution in [2.24, 2.45) is 7.05 Å². The predicted octanol–water partition coefficient (Wildman–Crippen LogP) is 3.46. The molecule has 0 saturated carbocycles. The van der Waals surface area contributed by atoms with Gasteiger partial charge in [-0.15, -0.1) is 0 Å². The zero-order valence-electron chi connectivity index (χ0n) is 17.2. The van der Waals surface area contributed by atoms with Gasteiger partial charge in [-0.05, 0) is 43.7 Å². The largest absolute Gasteiger partial charge is 0.301 e. The van der Waals surface area contributed by atoms with Gasteiger partial charge in [-0.3, -0.25) is 9.48 Å². The summed E-state index contributed by atoms with van der Waals surface area (Å²) in [5.41, 5.74) is 1.95. The topological polar surface area (TPSA) is 86.0 Å². The molecule has 0 aliphatic heterocycles. The first kappa shape index (κ1) is 21.8. The fourth-order valence-corrected chi connectivity index (χ4v) is 4.43. The summed E-state index contributed by atoms with van der Waals surface area (Å²) in [7, 11) is -1.91. The molecule has 0 aliphatic rings. The van der Waals surface area contributed by atoms with Crippen LogP contribution in [0, 0.1) is 12.7 Å². The van der Waals surface area contributed by atoms with Crippen molar-refractivity contribution in [3.05, 3.63) is 53.6 Å².